The molecule has 3 rings (SSSR count). The van der Waals surface area contributed by atoms with Crippen molar-refractivity contribution in [2.75, 3.05) is 0 Å². The Morgan fingerprint density at radius 1 is 1.12 bits per heavy atom. The lowest BCUT2D eigenvalue weighted by atomic mass is 10.2. The van der Waals surface area contributed by atoms with Gasteiger partial charge in [0.1, 0.15) is 5.82 Å². The number of halogens is 3. The minimum absolute atomic E-state index is 0.102. The number of pyridine rings is 1. The van der Waals surface area contributed by atoms with Gasteiger partial charge in [-0.2, -0.15) is 13.9 Å². The molecule has 25 heavy (non-hydrogen) atoms. The molecular formula is C17H12F3N3O2. The molecule has 0 aliphatic heterocycles. The van der Waals surface area contributed by atoms with Gasteiger partial charge < -0.3 is 4.74 Å². The highest BCUT2D eigenvalue weighted by Crippen LogP contribution is 2.18. The maximum atomic E-state index is 13.3. The highest BCUT2D eigenvalue weighted by molar-refractivity contribution is 5.57. The third-order valence-electron chi connectivity index (χ3n) is 3.33. The van der Waals surface area contributed by atoms with Crippen molar-refractivity contribution in [1.29, 1.82) is 0 Å². The highest BCUT2D eigenvalue weighted by Gasteiger charge is 2.08. The van der Waals surface area contributed by atoms with Gasteiger partial charge in [0, 0.05) is 23.9 Å². The van der Waals surface area contributed by atoms with Gasteiger partial charge >= 0.3 is 6.61 Å². The largest absolute Gasteiger partial charge is 0.417 e. The Kier molecular flexibility index (Phi) is 4.78. The average Bonchev–Trinajstić information content (AvgIpc) is 2.57. The van der Waals surface area contributed by atoms with Crippen LogP contribution < -0.4 is 10.3 Å². The lowest BCUT2D eigenvalue weighted by Crippen LogP contribution is -2.22. The van der Waals surface area contributed by atoms with Crippen molar-refractivity contribution in [1.82, 2.24) is 14.8 Å². The van der Waals surface area contributed by atoms with E-state index in [1.54, 1.807) is 12.1 Å². The van der Waals surface area contributed by atoms with Crippen molar-refractivity contribution in [2.45, 2.75) is 13.2 Å². The van der Waals surface area contributed by atoms with E-state index in [0.717, 1.165) is 0 Å². The van der Waals surface area contributed by atoms with Crippen LogP contribution in [0.3, 0.4) is 0 Å². The fourth-order valence-electron chi connectivity index (χ4n) is 2.22. The number of hydrogen-bond donors (Lipinski definition) is 0. The minimum atomic E-state index is -2.95. The molecule has 0 radical (unpaired) electrons. The fraction of sp³-hybridized carbons (Fsp3) is 0.118. The predicted octanol–water partition coefficient (Wildman–Crippen LogP) is 3.09. The SMILES string of the molecule is O=c1ccc(-c2ccc(OC(F)F)nc2)nn1Cc1cccc(F)c1. The van der Waals surface area contributed by atoms with E-state index in [2.05, 4.69) is 14.8 Å². The Morgan fingerprint density at radius 2 is 1.96 bits per heavy atom. The molecule has 2 heterocycles. The first-order valence-electron chi connectivity index (χ1n) is 7.25. The van der Waals surface area contributed by atoms with Crippen LogP contribution in [0, 0.1) is 5.82 Å². The van der Waals surface area contributed by atoms with Gasteiger partial charge in [0.25, 0.3) is 5.56 Å². The van der Waals surface area contributed by atoms with Crippen molar-refractivity contribution in [3.05, 3.63) is 76.5 Å². The molecular weight excluding hydrogens is 335 g/mol. The Bertz CT molecular complexity index is 927. The van der Waals surface area contributed by atoms with Gasteiger partial charge in [-0.3, -0.25) is 4.79 Å². The Hall–Kier alpha value is -3.16. The first-order valence-corrected chi connectivity index (χ1v) is 7.25. The van der Waals surface area contributed by atoms with E-state index in [1.807, 2.05) is 0 Å². The molecule has 3 aromatic rings. The number of hydrogen-bond acceptors (Lipinski definition) is 4. The van der Waals surface area contributed by atoms with Gasteiger partial charge in [0.15, 0.2) is 0 Å². The molecule has 0 aliphatic carbocycles. The average molecular weight is 347 g/mol. The van der Waals surface area contributed by atoms with Crippen molar-refractivity contribution in [3.8, 4) is 17.1 Å². The smallest absolute Gasteiger partial charge is 0.388 e. The van der Waals surface area contributed by atoms with Gasteiger partial charge in [-0.1, -0.05) is 12.1 Å². The second-order valence-corrected chi connectivity index (χ2v) is 5.11. The molecule has 0 fully saturated rings. The Labute approximate surface area is 140 Å². The third kappa shape index (κ3) is 4.23. The number of aromatic nitrogens is 3. The highest BCUT2D eigenvalue weighted by atomic mass is 19.3. The second kappa shape index (κ2) is 7.16. The second-order valence-electron chi connectivity index (χ2n) is 5.11. The lowest BCUT2D eigenvalue weighted by Gasteiger charge is -2.08. The van der Waals surface area contributed by atoms with Gasteiger partial charge in [-0.05, 0) is 29.8 Å². The molecule has 0 N–H and O–H groups in total. The normalized spacial score (nSPS) is 10.9. The molecule has 0 amide bonds. The molecule has 8 heteroatoms. The fourth-order valence-corrected chi connectivity index (χ4v) is 2.22. The summed E-state index contributed by atoms with van der Waals surface area (Å²) in [5.41, 5.74) is 1.19. The summed E-state index contributed by atoms with van der Waals surface area (Å²) in [6, 6.07) is 11.5. The summed E-state index contributed by atoms with van der Waals surface area (Å²) >= 11 is 0. The van der Waals surface area contributed by atoms with Crippen molar-refractivity contribution >= 4 is 0 Å². The molecule has 0 atom stereocenters. The van der Waals surface area contributed by atoms with Crippen molar-refractivity contribution < 1.29 is 17.9 Å². The zero-order chi connectivity index (χ0) is 17.8. The number of ether oxygens (including phenoxy) is 1. The molecule has 0 bridgehead atoms. The van der Waals surface area contributed by atoms with Gasteiger partial charge in [0.05, 0.1) is 12.2 Å². The Balaban J connectivity index is 1.87. The summed E-state index contributed by atoms with van der Waals surface area (Å²) in [5, 5.41) is 4.21. The number of rotatable bonds is 5. The first kappa shape index (κ1) is 16.7. The van der Waals surface area contributed by atoms with Gasteiger partial charge in [0.2, 0.25) is 5.88 Å². The molecule has 5 nitrogen and oxygen atoms in total. The van der Waals surface area contributed by atoms with E-state index in [4.69, 9.17) is 0 Å². The predicted molar refractivity (Wildman–Crippen MR) is 83.9 cm³/mol. The lowest BCUT2D eigenvalue weighted by molar-refractivity contribution is -0.0528. The Morgan fingerprint density at radius 3 is 2.64 bits per heavy atom. The third-order valence-corrected chi connectivity index (χ3v) is 3.33. The van der Waals surface area contributed by atoms with Crippen LogP contribution in [0.4, 0.5) is 13.2 Å². The summed E-state index contributed by atoms with van der Waals surface area (Å²) in [5.74, 6) is -0.618. The van der Waals surface area contributed by atoms with Gasteiger partial charge in [-0.15, -0.1) is 0 Å². The van der Waals surface area contributed by atoms with Crippen molar-refractivity contribution in [2.24, 2.45) is 0 Å². The van der Waals surface area contributed by atoms with Crippen LogP contribution >= 0.6 is 0 Å². The standard InChI is InChI=1S/C17H12F3N3O2/c18-13-3-1-2-11(8-13)10-23-16(24)7-5-14(22-23)12-4-6-15(21-9-12)25-17(19)20/h1-9,17H,10H2. The number of nitrogens with zero attached hydrogens (tertiary/aromatic N) is 3. The van der Waals surface area contributed by atoms with Crippen LogP contribution in [0.5, 0.6) is 5.88 Å². The van der Waals surface area contributed by atoms with E-state index in [9.17, 15) is 18.0 Å². The van der Waals surface area contributed by atoms with Crippen molar-refractivity contribution in [3.63, 3.8) is 0 Å². The molecule has 0 saturated heterocycles. The maximum Gasteiger partial charge on any atom is 0.388 e. The van der Waals surface area contributed by atoms with E-state index >= 15 is 0 Å². The summed E-state index contributed by atoms with van der Waals surface area (Å²) < 4.78 is 42.9. The van der Waals surface area contributed by atoms with Crippen LogP contribution in [0.25, 0.3) is 11.3 Å². The minimum Gasteiger partial charge on any atom is -0.417 e. The molecule has 0 spiro atoms. The zero-order valence-corrected chi connectivity index (χ0v) is 12.8. The summed E-state index contributed by atoms with van der Waals surface area (Å²) in [7, 11) is 0. The van der Waals surface area contributed by atoms with E-state index in [0.29, 0.717) is 16.8 Å². The van der Waals surface area contributed by atoms with E-state index < -0.39 is 12.4 Å². The topological polar surface area (TPSA) is 57.0 Å². The molecule has 1 aromatic carbocycles. The summed E-state index contributed by atoms with van der Waals surface area (Å²) in [4.78, 5) is 15.7. The molecule has 0 unspecified atom stereocenters. The monoisotopic (exact) mass is 347 g/mol. The maximum absolute atomic E-state index is 13.3. The van der Waals surface area contributed by atoms with E-state index in [1.165, 1.54) is 47.3 Å². The number of benzene rings is 1. The van der Waals surface area contributed by atoms with Crippen LogP contribution in [0.1, 0.15) is 5.56 Å². The summed E-state index contributed by atoms with van der Waals surface area (Å²) in [6.45, 7) is -2.85. The van der Waals surface area contributed by atoms with Crippen LogP contribution in [-0.2, 0) is 6.54 Å². The van der Waals surface area contributed by atoms with E-state index in [-0.39, 0.29) is 18.0 Å². The van der Waals surface area contributed by atoms with Crippen LogP contribution in [-0.4, -0.2) is 21.4 Å². The molecule has 128 valence electrons. The van der Waals surface area contributed by atoms with Gasteiger partial charge in [-0.25, -0.2) is 14.1 Å². The first-order chi connectivity index (χ1) is 12.0. The molecule has 2 aromatic heterocycles. The quantitative estimate of drug-likeness (QED) is 0.712. The zero-order valence-electron chi connectivity index (χ0n) is 12.8. The van der Waals surface area contributed by atoms with Crippen LogP contribution in [0.15, 0.2) is 59.5 Å². The molecule has 0 saturated carbocycles. The number of alkyl halides is 2. The molecule has 0 aliphatic rings. The summed E-state index contributed by atoms with van der Waals surface area (Å²) in [6.07, 6.45) is 1.32. The van der Waals surface area contributed by atoms with Crippen LogP contribution in [0.2, 0.25) is 0 Å².